The van der Waals surface area contributed by atoms with Gasteiger partial charge in [0.05, 0.1) is 6.10 Å². The van der Waals surface area contributed by atoms with Crippen molar-refractivity contribution in [2.45, 2.75) is 38.3 Å². The third kappa shape index (κ3) is 2.40. The van der Waals surface area contributed by atoms with E-state index in [0.717, 1.165) is 32.0 Å². The van der Waals surface area contributed by atoms with Crippen LogP contribution in [0.2, 0.25) is 0 Å². The first-order chi connectivity index (χ1) is 8.43. The van der Waals surface area contributed by atoms with Crippen molar-refractivity contribution in [3.05, 3.63) is 35.4 Å². The molecule has 2 nitrogen and oxygen atoms in total. The molecule has 1 saturated heterocycles. The lowest BCUT2D eigenvalue weighted by Crippen LogP contribution is -2.47. The van der Waals surface area contributed by atoms with Gasteiger partial charge in [0.1, 0.15) is 11.6 Å². The van der Waals surface area contributed by atoms with Crippen LogP contribution >= 0.6 is 0 Å². The minimum absolute atomic E-state index is 0.160. The molecule has 1 aromatic rings. The number of hydrogen-bond donors (Lipinski definition) is 1. The quantitative estimate of drug-likeness (QED) is 0.897. The zero-order valence-electron chi connectivity index (χ0n) is 10.8. The van der Waals surface area contributed by atoms with Crippen LogP contribution in [0.5, 0.6) is 0 Å². The van der Waals surface area contributed by atoms with E-state index in [9.17, 15) is 13.9 Å². The van der Waals surface area contributed by atoms with Crippen molar-refractivity contribution < 1.29 is 13.9 Å². The molecular formula is C14H19F2NO. The van der Waals surface area contributed by atoms with Crippen molar-refractivity contribution in [2.75, 3.05) is 13.1 Å². The normalized spacial score (nSPS) is 19.2. The van der Waals surface area contributed by atoms with Gasteiger partial charge in [0.2, 0.25) is 0 Å². The first-order valence-corrected chi connectivity index (χ1v) is 6.31. The van der Waals surface area contributed by atoms with Crippen LogP contribution < -0.4 is 0 Å². The maximum absolute atomic E-state index is 13.7. The van der Waals surface area contributed by atoms with E-state index in [1.165, 1.54) is 12.1 Å². The largest absolute Gasteiger partial charge is 0.386 e. The number of halogens is 2. The van der Waals surface area contributed by atoms with Crippen molar-refractivity contribution in [3.8, 4) is 0 Å². The molecule has 2 rings (SSSR count). The Morgan fingerprint density at radius 1 is 1.22 bits per heavy atom. The topological polar surface area (TPSA) is 23.5 Å². The Labute approximate surface area is 106 Å². The fourth-order valence-electron chi connectivity index (χ4n) is 2.57. The van der Waals surface area contributed by atoms with E-state index in [1.54, 1.807) is 0 Å². The summed E-state index contributed by atoms with van der Waals surface area (Å²) in [7, 11) is 0. The van der Waals surface area contributed by atoms with E-state index in [-0.39, 0.29) is 5.56 Å². The molecular weight excluding hydrogens is 236 g/mol. The third-order valence-electron chi connectivity index (χ3n) is 3.85. The molecule has 1 aromatic carbocycles. The predicted octanol–water partition coefficient (Wildman–Crippen LogP) is 2.87. The summed E-state index contributed by atoms with van der Waals surface area (Å²) >= 11 is 0. The van der Waals surface area contributed by atoms with Crippen LogP contribution in [-0.4, -0.2) is 28.6 Å². The zero-order valence-corrected chi connectivity index (χ0v) is 10.8. The molecule has 0 radical (unpaired) electrons. The average Bonchev–Trinajstić information content (AvgIpc) is 2.82. The number of benzene rings is 1. The Balaban J connectivity index is 2.26. The molecule has 0 bridgehead atoms. The van der Waals surface area contributed by atoms with E-state index in [2.05, 4.69) is 4.90 Å². The number of aliphatic hydroxyl groups excluding tert-OH is 1. The lowest BCUT2D eigenvalue weighted by molar-refractivity contribution is -0.000714. The third-order valence-corrected chi connectivity index (χ3v) is 3.85. The number of hydrogen-bond acceptors (Lipinski definition) is 2. The van der Waals surface area contributed by atoms with Gasteiger partial charge in [0, 0.05) is 17.2 Å². The van der Waals surface area contributed by atoms with Gasteiger partial charge in [-0.3, -0.25) is 4.90 Å². The van der Waals surface area contributed by atoms with Crippen LogP contribution in [-0.2, 0) is 0 Å². The van der Waals surface area contributed by atoms with Gasteiger partial charge >= 0.3 is 0 Å². The van der Waals surface area contributed by atoms with E-state index in [1.807, 2.05) is 13.8 Å². The number of rotatable bonds is 3. The summed E-state index contributed by atoms with van der Waals surface area (Å²) in [4.78, 5) is 2.15. The van der Waals surface area contributed by atoms with Gasteiger partial charge in [-0.2, -0.15) is 0 Å². The molecule has 0 aliphatic carbocycles. The molecule has 18 heavy (non-hydrogen) atoms. The van der Waals surface area contributed by atoms with E-state index >= 15 is 0 Å². The van der Waals surface area contributed by atoms with E-state index in [0.29, 0.717) is 0 Å². The first kappa shape index (κ1) is 13.4. The standard InChI is InChI=1S/C14H19F2NO/c1-14(2,17-7-3-4-8-17)13(18)11-6-5-10(15)9-12(11)16/h5-6,9,13,18H,3-4,7-8H2,1-2H3. The van der Waals surface area contributed by atoms with Gasteiger partial charge in [-0.15, -0.1) is 0 Å². The molecule has 1 heterocycles. The Bertz CT molecular complexity index is 428. The Morgan fingerprint density at radius 2 is 1.83 bits per heavy atom. The number of likely N-dealkylation sites (tertiary alicyclic amines) is 1. The van der Waals surface area contributed by atoms with E-state index < -0.39 is 23.3 Å². The number of nitrogens with zero attached hydrogens (tertiary/aromatic N) is 1. The lowest BCUT2D eigenvalue weighted by Gasteiger charge is -2.39. The molecule has 1 aliphatic rings. The molecule has 0 aromatic heterocycles. The van der Waals surface area contributed by atoms with Crippen LogP contribution in [0, 0.1) is 11.6 Å². The van der Waals surface area contributed by atoms with Gasteiger partial charge in [0.15, 0.2) is 0 Å². The van der Waals surface area contributed by atoms with Crippen LogP contribution in [0.4, 0.5) is 8.78 Å². The zero-order chi connectivity index (χ0) is 13.3. The summed E-state index contributed by atoms with van der Waals surface area (Å²) in [6, 6.07) is 3.33. The summed E-state index contributed by atoms with van der Waals surface area (Å²) in [6.07, 6.45) is 1.24. The average molecular weight is 255 g/mol. The molecule has 1 atom stereocenters. The molecule has 1 N–H and O–H groups in total. The molecule has 1 unspecified atom stereocenters. The minimum atomic E-state index is -0.962. The van der Waals surface area contributed by atoms with Crippen molar-refractivity contribution in [1.82, 2.24) is 4.90 Å². The fraction of sp³-hybridized carbons (Fsp3) is 0.571. The van der Waals surface area contributed by atoms with Gasteiger partial charge in [0.25, 0.3) is 0 Å². The molecule has 1 aliphatic heterocycles. The SMILES string of the molecule is CC(C)(C(O)c1ccc(F)cc1F)N1CCCC1. The first-order valence-electron chi connectivity index (χ1n) is 6.31. The molecule has 4 heteroatoms. The fourth-order valence-corrected chi connectivity index (χ4v) is 2.57. The summed E-state index contributed by atoms with van der Waals surface area (Å²) in [5.41, 5.74) is -0.386. The van der Waals surface area contributed by atoms with E-state index in [4.69, 9.17) is 0 Å². The highest BCUT2D eigenvalue weighted by Gasteiger charge is 2.37. The second-order valence-electron chi connectivity index (χ2n) is 5.42. The highest BCUT2D eigenvalue weighted by Crippen LogP contribution is 2.34. The van der Waals surface area contributed by atoms with Crippen molar-refractivity contribution in [2.24, 2.45) is 0 Å². The monoisotopic (exact) mass is 255 g/mol. The van der Waals surface area contributed by atoms with Crippen LogP contribution in [0.1, 0.15) is 38.4 Å². The lowest BCUT2D eigenvalue weighted by atomic mass is 9.89. The van der Waals surface area contributed by atoms with Gasteiger partial charge in [-0.05, 0) is 45.8 Å². The molecule has 0 saturated carbocycles. The van der Waals surface area contributed by atoms with Crippen LogP contribution in [0.15, 0.2) is 18.2 Å². The smallest absolute Gasteiger partial charge is 0.131 e. The van der Waals surface area contributed by atoms with Gasteiger partial charge in [-0.25, -0.2) is 8.78 Å². The molecule has 0 spiro atoms. The predicted molar refractivity (Wildman–Crippen MR) is 66.2 cm³/mol. The Kier molecular flexibility index (Phi) is 3.69. The highest BCUT2D eigenvalue weighted by atomic mass is 19.1. The van der Waals surface area contributed by atoms with Crippen molar-refractivity contribution in [1.29, 1.82) is 0 Å². The van der Waals surface area contributed by atoms with Crippen LogP contribution in [0.25, 0.3) is 0 Å². The summed E-state index contributed by atoms with van der Waals surface area (Å²) < 4.78 is 26.6. The molecule has 100 valence electrons. The Morgan fingerprint density at radius 3 is 2.39 bits per heavy atom. The maximum atomic E-state index is 13.7. The van der Waals surface area contributed by atoms with Crippen molar-refractivity contribution in [3.63, 3.8) is 0 Å². The minimum Gasteiger partial charge on any atom is -0.386 e. The molecule has 1 fully saturated rings. The number of aliphatic hydroxyl groups is 1. The summed E-state index contributed by atoms with van der Waals surface area (Å²) in [6.45, 7) is 5.61. The van der Waals surface area contributed by atoms with Crippen molar-refractivity contribution >= 4 is 0 Å². The highest BCUT2D eigenvalue weighted by molar-refractivity contribution is 5.23. The summed E-state index contributed by atoms with van der Waals surface area (Å²) in [5, 5.41) is 10.4. The van der Waals surface area contributed by atoms with Gasteiger partial charge < -0.3 is 5.11 Å². The second kappa shape index (κ2) is 4.94. The van der Waals surface area contributed by atoms with Crippen LogP contribution in [0.3, 0.4) is 0 Å². The van der Waals surface area contributed by atoms with Gasteiger partial charge in [-0.1, -0.05) is 6.07 Å². The Hall–Kier alpha value is -1.00. The maximum Gasteiger partial charge on any atom is 0.131 e. The summed E-state index contributed by atoms with van der Waals surface area (Å²) in [5.74, 6) is -1.31. The second-order valence-corrected chi connectivity index (χ2v) is 5.42. The molecule has 0 amide bonds.